The van der Waals surface area contributed by atoms with E-state index >= 15 is 0 Å². The van der Waals surface area contributed by atoms with E-state index in [0.717, 1.165) is 16.6 Å². The van der Waals surface area contributed by atoms with Crippen LogP contribution in [0.4, 0.5) is 0 Å². The van der Waals surface area contributed by atoms with Crippen LogP contribution >= 0.6 is 11.6 Å². The fourth-order valence-electron chi connectivity index (χ4n) is 2.53. The molecule has 1 amide bonds. The summed E-state index contributed by atoms with van der Waals surface area (Å²) < 4.78 is 5.13. The molecular formula is C18H18ClN3O2. The Labute approximate surface area is 145 Å². The van der Waals surface area contributed by atoms with Gasteiger partial charge in [-0.25, -0.2) is 0 Å². The normalized spacial score (nSPS) is 10.9. The van der Waals surface area contributed by atoms with Gasteiger partial charge in [-0.2, -0.15) is 0 Å². The summed E-state index contributed by atoms with van der Waals surface area (Å²) in [5.41, 5.74) is 2.20. The summed E-state index contributed by atoms with van der Waals surface area (Å²) in [6.07, 6.45) is 1.72. The summed E-state index contributed by atoms with van der Waals surface area (Å²) in [7, 11) is 1.62. The molecule has 0 aliphatic heterocycles. The third kappa shape index (κ3) is 3.75. The zero-order chi connectivity index (χ0) is 16.9. The molecule has 0 unspecified atom stereocenters. The maximum absolute atomic E-state index is 12.9. The number of aromatic amines is 1. The van der Waals surface area contributed by atoms with E-state index in [-0.39, 0.29) is 5.91 Å². The van der Waals surface area contributed by atoms with E-state index in [0.29, 0.717) is 30.4 Å². The lowest BCUT2D eigenvalue weighted by Gasteiger charge is -2.21. The number of aromatic nitrogens is 2. The van der Waals surface area contributed by atoms with Gasteiger partial charge in [-0.05, 0) is 30.3 Å². The average molecular weight is 344 g/mol. The van der Waals surface area contributed by atoms with Crippen LogP contribution in [0.3, 0.4) is 0 Å². The lowest BCUT2D eigenvalue weighted by Crippen LogP contribution is -2.34. The second-order valence-electron chi connectivity index (χ2n) is 5.46. The number of nitrogens with zero attached hydrogens (tertiary/aromatic N) is 2. The lowest BCUT2D eigenvalue weighted by atomic mass is 10.2. The highest BCUT2D eigenvalue weighted by Crippen LogP contribution is 2.21. The number of hydrogen-bond donors (Lipinski definition) is 1. The molecule has 2 aromatic heterocycles. The number of benzene rings is 1. The number of hydrogen-bond acceptors (Lipinski definition) is 3. The van der Waals surface area contributed by atoms with Crippen LogP contribution in [0, 0.1) is 0 Å². The number of carbonyl (C=O) groups is 1. The molecule has 3 rings (SSSR count). The quantitative estimate of drug-likeness (QED) is 0.745. The number of rotatable bonds is 6. The van der Waals surface area contributed by atoms with E-state index in [1.807, 2.05) is 42.5 Å². The van der Waals surface area contributed by atoms with E-state index in [4.69, 9.17) is 16.3 Å². The van der Waals surface area contributed by atoms with Crippen LogP contribution in [-0.2, 0) is 11.3 Å². The highest BCUT2D eigenvalue weighted by molar-refractivity contribution is 6.31. The van der Waals surface area contributed by atoms with Crippen molar-refractivity contribution in [2.24, 2.45) is 0 Å². The number of carbonyl (C=O) groups excluding carboxylic acids is 1. The zero-order valence-corrected chi connectivity index (χ0v) is 14.1. The van der Waals surface area contributed by atoms with Crippen molar-refractivity contribution >= 4 is 28.4 Å². The molecule has 0 aliphatic rings. The van der Waals surface area contributed by atoms with Gasteiger partial charge in [-0.1, -0.05) is 23.7 Å². The number of methoxy groups -OCH3 is 1. The van der Waals surface area contributed by atoms with Gasteiger partial charge >= 0.3 is 0 Å². The largest absolute Gasteiger partial charge is 0.383 e. The van der Waals surface area contributed by atoms with E-state index in [1.165, 1.54) is 0 Å². The summed E-state index contributed by atoms with van der Waals surface area (Å²) in [6, 6.07) is 13.0. The van der Waals surface area contributed by atoms with Gasteiger partial charge in [-0.3, -0.25) is 9.78 Å². The molecule has 1 aromatic carbocycles. The molecule has 0 spiro atoms. The Morgan fingerprint density at radius 2 is 2.17 bits per heavy atom. The zero-order valence-electron chi connectivity index (χ0n) is 13.3. The molecule has 0 saturated carbocycles. The van der Waals surface area contributed by atoms with Crippen molar-refractivity contribution in [1.82, 2.24) is 14.9 Å². The molecule has 0 radical (unpaired) electrons. The Morgan fingerprint density at radius 3 is 2.92 bits per heavy atom. The smallest absolute Gasteiger partial charge is 0.270 e. The molecule has 24 heavy (non-hydrogen) atoms. The number of halogens is 1. The van der Waals surface area contributed by atoms with Gasteiger partial charge in [0.2, 0.25) is 0 Å². The van der Waals surface area contributed by atoms with Crippen LogP contribution in [-0.4, -0.2) is 41.0 Å². The number of ether oxygens (including phenoxy) is 1. The molecule has 0 atom stereocenters. The van der Waals surface area contributed by atoms with Gasteiger partial charge in [0, 0.05) is 35.8 Å². The Hall–Kier alpha value is -2.37. The van der Waals surface area contributed by atoms with Crippen LogP contribution < -0.4 is 0 Å². The Balaban J connectivity index is 1.85. The van der Waals surface area contributed by atoms with Crippen molar-refractivity contribution in [3.05, 3.63) is 65.1 Å². The van der Waals surface area contributed by atoms with Crippen molar-refractivity contribution < 1.29 is 9.53 Å². The topological polar surface area (TPSA) is 58.2 Å². The highest BCUT2D eigenvalue weighted by atomic mass is 35.5. The van der Waals surface area contributed by atoms with Crippen LogP contribution in [0.5, 0.6) is 0 Å². The monoisotopic (exact) mass is 343 g/mol. The van der Waals surface area contributed by atoms with E-state index in [1.54, 1.807) is 18.2 Å². The SMILES string of the molecule is COCCN(Cc1ccccn1)C(=O)c1cc2ccc(Cl)cc2[nH]1. The number of H-pyrrole nitrogens is 1. The first-order valence-electron chi connectivity index (χ1n) is 7.64. The number of pyridine rings is 1. The molecule has 6 heteroatoms. The number of amides is 1. The van der Waals surface area contributed by atoms with Gasteiger partial charge < -0.3 is 14.6 Å². The molecule has 0 aliphatic carbocycles. The van der Waals surface area contributed by atoms with Gasteiger partial charge in [0.1, 0.15) is 5.69 Å². The third-order valence-corrected chi connectivity index (χ3v) is 3.98. The Kier molecular flexibility index (Phi) is 5.13. The second kappa shape index (κ2) is 7.47. The van der Waals surface area contributed by atoms with Crippen molar-refractivity contribution in [3.8, 4) is 0 Å². The van der Waals surface area contributed by atoms with Crippen molar-refractivity contribution in [2.75, 3.05) is 20.3 Å². The van der Waals surface area contributed by atoms with Crippen molar-refractivity contribution in [3.63, 3.8) is 0 Å². The van der Waals surface area contributed by atoms with Crippen molar-refractivity contribution in [1.29, 1.82) is 0 Å². The molecular weight excluding hydrogens is 326 g/mol. The minimum atomic E-state index is -0.0926. The maximum atomic E-state index is 12.9. The van der Waals surface area contributed by atoms with Crippen LogP contribution in [0.15, 0.2) is 48.7 Å². The lowest BCUT2D eigenvalue weighted by molar-refractivity contribution is 0.0673. The molecule has 124 valence electrons. The summed E-state index contributed by atoms with van der Waals surface area (Å²) in [5.74, 6) is -0.0926. The molecule has 0 bridgehead atoms. The summed E-state index contributed by atoms with van der Waals surface area (Å²) in [4.78, 5) is 22.0. The minimum Gasteiger partial charge on any atom is -0.383 e. The molecule has 2 heterocycles. The number of fused-ring (bicyclic) bond motifs is 1. The van der Waals surface area contributed by atoms with Crippen LogP contribution in [0.1, 0.15) is 16.2 Å². The van der Waals surface area contributed by atoms with E-state index in [2.05, 4.69) is 9.97 Å². The number of nitrogens with one attached hydrogen (secondary N) is 1. The maximum Gasteiger partial charge on any atom is 0.270 e. The van der Waals surface area contributed by atoms with Gasteiger partial charge in [-0.15, -0.1) is 0 Å². The standard InChI is InChI=1S/C18H18ClN3O2/c1-24-9-8-22(12-15-4-2-3-7-20-15)18(23)17-10-13-5-6-14(19)11-16(13)21-17/h2-7,10-11,21H,8-9,12H2,1H3. The summed E-state index contributed by atoms with van der Waals surface area (Å²) in [5, 5.41) is 1.58. The predicted molar refractivity (Wildman–Crippen MR) is 94.2 cm³/mol. The summed E-state index contributed by atoms with van der Waals surface area (Å²) in [6.45, 7) is 1.38. The fraction of sp³-hybridized carbons (Fsp3) is 0.222. The first-order chi connectivity index (χ1) is 11.7. The fourth-order valence-corrected chi connectivity index (χ4v) is 2.70. The molecule has 0 saturated heterocycles. The van der Waals surface area contributed by atoms with Crippen LogP contribution in [0.25, 0.3) is 10.9 Å². The van der Waals surface area contributed by atoms with Gasteiger partial charge in [0.15, 0.2) is 0 Å². The highest BCUT2D eigenvalue weighted by Gasteiger charge is 2.18. The first kappa shape index (κ1) is 16.5. The van der Waals surface area contributed by atoms with Crippen molar-refractivity contribution in [2.45, 2.75) is 6.54 Å². The molecule has 3 aromatic rings. The summed E-state index contributed by atoms with van der Waals surface area (Å²) >= 11 is 6.01. The first-order valence-corrected chi connectivity index (χ1v) is 8.01. The van der Waals surface area contributed by atoms with Crippen LogP contribution in [0.2, 0.25) is 5.02 Å². The average Bonchev–Trinajstić information content (AvgIpc) is 3.02. The molecule has 5 nitrogen and oxygen atoms in total. The molecule has 0 fully saturated rings. The second-order valence-corrected chi connectivity index (χ2v) is 5.89. The van der Waals surface area contributed by atoms with E-state index in [9.17, 15) is 4.79 Å². The Morgan fingerprint density at radius 1 is 1.29 bits per heavy atom. The van der Waals surface area contributed by atoms with Gasteiger partial charge in [0.05, 0.1) is 18.8 Å². The minimum absolute atomic E-state index is 0.0926. The third-order valence-electron chi connectivity index (χ3n) is 3.75. The Bertz CT molecular complexity index is 833. The molecule has 1 N–H and O–H groups in total. The van der Waals surface area contributed by atoms with E-state index < -0.39 is 0 Å². The predicted octanol–water partition coefficient (Wildman–Crippen LogP) is 3.51. The van der Waals surface area contributed by atoms with Gasteiger partial charge in [0.25, 0.3) is 5.91 Å².